The smallest absolute Gasteiger partial charge is 0.336 e. The third-order valence-corrected chi connectivity index (χ3v) is 5.98. The molecule has 0 fully saturated rings. The van der Waals surface area contributed by atoms with Gasteiger partial charge in [0, 0.05) is 28.8 Å². The van der Waals surface area contributed by atoms with Crippen LogP contribution in [-0.2, 0) is 26.0 Å². The number of benzene rings is 2. The van der Waals surface area contributed by atoms with Crippen LogP contribution in [0.3, 0.4) is 0 Å². The minimum Gasteiger partial charge on any atom is -0.459 e. The SMILES string of the molecule is Cc1cccc(C(=O)N[C@@H](CCS(C)(=O)=O)C(=O)OCc2cc(=O)oc3cc(C)ccc23)c1. The van der Waals surface area contributed by atoms with E-state index in [2.05, 4.69) is 5.32 Å². The lowest BCUT2D eigenvalue weighted by molar-refractivity contribution is -0.147. The number of hydrogen-bond acceptors (Lipinski definition) is 7. The number of sulfone groups is 1. The largest absolute Gasteiger partial charge is 0.459 e. The average molecular weight is 472 g/mol. The van der Waals surface area contributed by atoms with Gasteiger partial charge >= 0.3 is 11.6 Å². The van der Waals surface area contributed by atoms with Crippen LogP contribution >= 0.6 is 0 Å². The average Bonchev–Trinajstić information content (AvgIpc) is 2.73. The highest BCUT2D eigenvalue weighted by Gasteiger charge is 2.25. The van der Waals surface area contributed by atoms with Gasteiger partial charge in [0.2, 0.25) is 0 Å². The Labute approximate surface area is 191 Å². The number of aryl methyl sites for hydroxylation is 2. The van der Waals surface area contributed by atoms with Gasteiger partial charge in [0.05, 0.1) is 5.75 Å². The number of rotatable bonds is 8. The van der Waals surface area contributed by atoms with Crippen LogP contribution in [0.4, 0.5) is 0 Å². The Morgan fingerprint density at radius 2 is 1.79 bits per heavy atom. The van der Waals surface area contributed by atoms with Gasteiger partial charge in [0.15, 0.2) is 0 Å². The summed E-state index contributed by atoms with van der Waals surface area (Å²) in [6.45, 7) is 3.45. The van der Waals surface area contributed by atoms with Crippen LogP contribution in [0, 0.1) is 13.8 Å². The Balaban J connectivity index is 1.79. The minimum atomic E-state index is -3.38. The number of hydrogen-bond donors (Lipinski definition) is 1. The molecular weight excluding hydrogens is 446 g/mol. The number of amides is 1. The quantitative estimate of drug-likeness (QED) is 0.396. The summed E-state index contributed by atoms with van der Waals surface area (Å²) in [4.78, 5) is 37.4. The Morgan fingerprint density at radius 1 is 1.06 bits per heavy atom. The van der Waals surface area contributed by atoms with Crippen LogP contribution in [0.1, 0.15) is 33.5 Å². The molecule has 33 heavy (non-hydrogen) atoms. The molecule has 0 unspecified atom stereocenters. The molecule has 0 aliphatic heterocycles. The molecule has 2 aromatic carbocycles. The van der Waals surface area contributed by atoms with Gasteiger partial charge in [0.25, 0.3) is 5.91 Å². The van der Waals surface area contributed by atoms with Gasteiger partial charge in [0.1, 0.15) is 28.1 Å². The molecular formula is C24H25NO7S. The molecule has 1 heterocycles. The van der Waals surface area contributed by atoms with Crippen molar-refractivity contribution in [1.29, 1.82) is 0 Å². The van der Waals surface area contributed by atoms with Gasteiger partial charge in [-0.25, -0.2) is 18.0 Å². The Morgan fingerprint density at radius 3 is 2.48 bits per heavy atom. The first-order valence-electron chi connectivity index (χ1n) is 10.3. The van der Waals surface area contributed by atoms with E-state index in [4.69, 9.17) is 9.15 Å². The van der Waals surface area contributed by atoms with Crippen molar-refractivity contribution >= 4 is 32.7 Å². The van der Waals surface area contributed by atoms with Gasteiger partial charge in [-0.05, 0) is 44.0 Å². The zero-order valence-electron chi connectivity index (χ0n) is 18.6. The number of carbonyl (C=O) groups is 2. The summed E-state index contributed by atoms with van der Waals surface area (Å²) in [6.07, 6.45) is 0.904. The van der Waals surface area contributed by atoms with Crippen LogP contribution in [-0.4, -0.2) is 38.3 Å². The monoisotopic (exact) mass is 471 g/mol. The van der Waals surface area contributed by atoms with Crippen molar-refractivity contribution in [3.63, 3.8) is 0 Å². The van der Waals surface area contributed by atoms with Gasteiger partial charge in [-0.3, -0.25) is 4.79 Å². The summed E-state index contributed by atoms with van der Waals surface area (Å²) in [5.41, 5.74) is 2.34. The molecule has 0 radical (unpaired) electrons. The molecule has 174 valence electrons. The lowest BCUT2D eigenvalue weighted by Crippen LogP contribution is -2.43. The standard InChI is InChI=1S/C24H25NO7S/c1-15-5-4-6-17(11-15)23(27)25-20(9-10-33(3,29)30)24(28)31-14-18-13-22(26)32-21-12-16(2)7-8-19(18)21/h4-8,11-13,20H,9-10,14H2,1-3H3,(H,25,27)/t20-/m0/s1. The molecule has 3 aromatic rings. The molecule has 0 spiro atoms. The van der Waals surface area contributed by atoms with E-state index in [1.807, 2.05) is 26.0 Å². The van der Waals surface area contributed by atoms with Crippen molar-refractivity contribution < 1.29 is 27.2 Å². The van der Waals surface area contributed by atoms with Crippen molar-refractivity contribution in [3.05, 3.63) is 81.2 Å². The third-order valence-electron chi connectivity index (χ3n) is 5.00. The molecule has 9 heteroatoms. The van der Waals surface area contributed by atoms with Gasteiger partial charge < -0.3 is 14.5 Å². The molecule has 0 aliphatic rings. The lowest BCUT2D eigenvalue weighted by atomic mass is 10.1. The van der Waals surface area contributed by atoms with E-state index in [1.165, 1.54) is 6.07 Å². The fraction of sp³-hybridized carbons (Fsp3) is 0.292. The number of esters is 1. The highest BCUT2D eigenvalue weighted by molar-refractivity contribution is 7.90. The molecule has 0 aliphatic carbocycles. The fourth-order valence-electron chi connectivity index (χ4n) is 3.31. The molecule has 1 aromatic heterocycles. The van der Waals surface area contributed by atoms with Crippen molar-refractivity contribution in [1.82, 2.24) is 5.32 Å². The highest BCUT2D eigenvalue weighted by atomic mass is 32.2. The first-order valence-corrected chi connectivity index (χ1v) is 12.3. The van der Waals surface area contributed by atoms with E-state index >= 15 is 0 Å². The Kier molecular flexibility index (Phi) is 7.33. The van der Waals surface area contributed by atoms with Crippen molar-refractivity contribution in [3.8, 4) is 0 Å². The van der Waals surface area contributed by atoms with Gasteiger partial charge in [-0.1, -0.05) is 29.8 Å². The number of fused-ring (bicyclic) bond motifs is 1. The number of ether oxygens (including phenoxy) is 1. The molecule has 0 saturated carbocycles. The predicted octanol–water partition coefficient (Wildman–Crippen LogP) is 2.69. The second-order valence-corrected chi connectivity index (χ2v) is 10.3. The summed E-state index contributed by atoms with van der Waals surface area (Å²) in [5.74, 6) is -1.62. The number of carbonyl (C=O) groups excluding carboxylic acids is 2. The molecule has 1 amide bonds. The van der Waals surface area contributed by atoms with E-state index < -0.39 is 33.4 Å². The predicted molar refractivity (Wildman–Crippen MR) is 124 cm³/mol. The summed E-state index contributed by atoms with van der Waals surface area (Å²) in [6, 6.07) is 12.2. The maximum atomic E-state index is 12.8. The molecule has 1 N–H and O–H groups in total. The molecule has 0 saturated heterocycles. The minimum absolute atomic E-state index is 0.147. The Bertz CT molecular complexity index is 1360. The van der Waals surface area contributed by atoms with Crippen LogP contribution in [0.2, 0.25) is 0 Å². The fourth-order valence-corrected chi connectivity index (χ4v) is 3.98. The molecule has 1 atom stereocenters. The van der Waals surface area contributed by atoms with Crippen LogP contribution < -0.4 is 10.9 Å². The summed E-state index contributed by atoms with van der Waals surface area (Å²) in [5, 5.41) is 3.18. The van der Waals surface area contributed by atoms with Crippen LogP contribution in [0.5, 0.6) is 0 Å². The third kappa shape index (κ3) is 6.76. The topological polar surface area (TPSA) is 120 Å². The first-order chi connectivity index (χ1) is 15.5. The maximum Gasteiger partial charge on any atom is 0.336 e. The number of nitrogens with one attached hydrogen (secondary N) is 1. The van der Waals surface area contributed by atoms with E-state index in [9.17, 15) is 22.8 Å². The maximum absolute atomic E-state index is 12.8. The van der Waals surface area contributed by atoms with E-state index in [0.29, 0.717) is 22.1 Å². The zero-order valence-corrected chi connectivity index (χ0v) is 19.4. The highest BCUT2D eigenvalue weighted by Crippen LogP contribution is 2.19. The first kappa shape index (κ1) is 24.2. The summed E-state index contributed by atoms with van der Waals surface area (Å²) in [7, 11) is -3.38. The molecule has 8 nitrogen and oxygen atoms in total. The second-order valence-electron chi connectivity index (χ2n) is 8.01. The summed E-state index contributed by atoms with van der Waals surface area (Å²) >= 11 is 0. The lowest BCUT2D eigenvalue weighted by Gasteiger charge is -2.18. The zero-order chi connectivity index (χ0) is 24.2. The van der Waals surface area contributed by atoms with Crippen LogP contribution in [0.15, 0.2) is 57.7 Å². The van der Waals surface area contributed by atoms with E-state index in [0.717, 1.165) is 17.4 Å². The molecule has 0 bridgehead atoms. The molecule has 3 rings (SSSR count). The van der Waals surface area contributed by atoms with E-state index in [1.54, 1.807) is 30.3 Å². The summed E-state index contributed by atoms with van der Waals surface area (Å²) < 4.78 is 33.9. The Hall–Kier alpha value is -3.46. The van der Waals surface area contributed by atoms with Crippen molar-refractivity contribution in [2.75, 3.05) is 12.0 Å². The van der Waals surface area contributed by atoms with Gasteiger partial charge in [-0.2, -0.15) is 0 Å². The second kappa shape index (κ2) is 9.99. The van der Waals surface area contributed by atoms with Gasteiger partial charge in [-0.15, -0.1) is 0 Å². The van der Waals surface area contributed by atoms with Crippen LogP contribution in [0.25, 0.3) is 11.0 Å². The van der Waals surface area contributed by atoms with E-state index in [-0.39, 0.29) is 18.8 Å². The van der Waals surface area contributed by atoms with Crippen molar-refractivity contribution in [2.24, 2.45) is 0 Å². The normalized spacial score (nSPS) is 12.3. The van der Waals surface area contributed by atoms with Crippen molar-refractivity contribution in [2.45, 2.75) is 32.9 Å².